The molecule has 0 saturated carbocycles. The minimum atomic E-state index is -0.931. The predicted molar refractivity (Wildman–Crippen MR) is 38.5 cm³/mol. The molecule has 5 nitrogen and oxygen atoms in total. The second-order valence-electron chi connectivity index (χ2n) is 2.19. The fourth-order valence-electron chi connectivity index (χ4n) is 0.636. The monoisotopic (exact) mass is 174 g/mol. The third-order valence-corrected chi connectivity index (χ3v) is 1.16. The molecule has 0 amide bonds. The highest BCUT2D eigenvalue weighted by molar-refractivity contribution is 5.80. The van der Waals surface area contributed by atoms with Crippen LogP contribution in [0.2, 0.25) is 0 Å². The summed E-state index contributed by atoms with van der Waals surface area (Å²) in [4.78, 5) is 30.3. The molecule has 0 unspecified atom stereocenters. The van der Waals surface area contributed by atoms with Gasteiger partial charge in [0.1, 0.15) is 6.61 Å². The first-order valence-corrected chi connectivity index (χ1v) is 3.45. The second kappa shape index (κ2) is 6.33. The molecule has 0 aliphatic rings. The Balaban J connectivity index is 3.31. The quantitative estimate of drug-likeness (QED) is 0.549. The van der Waals surface area contributed by atoms with Crippen molar-refractivity contribution in [3.05, 3.63) is 0 Å². The summed E-state index contributed by atoms with van der Waals surface area (Å²) in [5.41, 5.74) is 0. The summed E-state index contributed by atoms with van der Waals surface area (Å²) in [7, 11) is 0. The molecule has 5 heteroatoms. The SMILES string of the molecule is O=COCC(=O)CCCC(=O)O. The Labute approximate surface area is 69.3 Å². The van der Waals surface area contributed by atoms with E-state index in [0.29, 0.717) is 0 Å². The Hall–Kier alpha value is -1.39. The molecular formula is C7H10O5. The van der Waals surface area contributed by atoms with E-state index in [9.17, 15) is 14.4 Å². The van der Waals surface area contributed by atoms with Crippen LogP contribution >= 0.6 is 0 Å². The van der Waals surface area contributed by atoms with E-state index in [1.807, 2.05) is 0 Å². The molecule has 0 saturated heterocycles. The van der Waals surface area contributed by atoms with Gasteiger partial charge < -0.3 is 9.84 Å². The van der Waals surface area contributed by atoms with Gasteiger partial charge in [-0.05, 0) is 6.42 Å². The topological polar surface area (TPSA) is 80.7 Å². The normalized spacial score (nSPS) is 9.00. The maximum atomic E-state index is 10.7. The summed E-state index contributed by atoms with van der Waals surface area (Å²) in [6.45, 7) is -0.0712. The minimum Gasteiger partial charge on any atom is -0.481 e. The molecule has 0 aromatic heterocycles. The molecule has 0 spiro atoms. The van der Waals surface area contributed by atoms with Crippen molar-refractivity contribution in [3.63, 3.8) is 0 Å². The molecule has 0 atom stereocenters. The highest BCUT2D eigenvalue weighted by Crippen LogP contribution is 1.96. The van der Waals surface area contributed by atoms with Crippen LogP contribution in [0.3, 0.4) is 0 Å². The highest BCUT2D eigenvalue weighted by atomic mass is 16.5. The lowest BCUT2D eigenvalue weighted by Crippen LogP contribution is -2.08. The summed E-state index contributed by atoms with van der Waals surface area (Å²) in [5.74, 6) is -1.19. The van der Waals surface area contributed by atoms with Gasteiger partial charge in [0.25, 0.3) is 6.47 Å². The van der Waals surface area contributed by atoms with Crippen LogP contribution in [0.1, 0.15) is 19.3 Å². The second-order valence-corrected chi connectivity index (χ2v) is 2.19. The first kappa shape index (κ1) is 10.6. The maximum Gasteiger partial charge on any atom is 0.303 e. The van der Waals surface area contributed by atoms with Crippen LogP contribution in [0.5, 0.6) is 0 Å². The van der Waals surface area contributed by atoms with Gasteiger partial charge in [0, 0.05) is 12.8 Å². The van der Waals surface area contributed by atoms with E-state index in [1.54, 1.807) is 0 Å². The van der Waals surface area contributed by atoms with E-state index in [-0.39, 0.29) is 38.1 Å². The van der Waals surface area contributed by atoms with E-state index in [0.717, 1.165) is 0 Å². The number of Topliss-reactive ketones (excluding diaryl/α,β-unsaturated/α-hetero) is 1. The molecule has 12 heavy (non-hydrogen) atoms. The summed E-state index contributed by atoms with van der Waals surface area (Å²) in [6, 6.07) is 0. The lowest BCUT2D eigenvalue weighted by molar-refractivity contribution is -0.138. The lowest BCUT2D eigenvalue weighted by atomic mass is 10.2. The number of rotatable bonds is 7. The first-order chi connectivity index (χ1) is 5.66. The molecule has 0 aliphatic heterocycles. The third kappa shape index (κ3) is 6.73. The van der Waals surface area contributed by atoms with Crippen molar-refractivity contribution in [2.75, 3.05) is 6.61 Å². The van der Waals surface area contributed by atoms with Crippen molar-refractivity contribution < 1.29 is 24.2 Å². The number of hydrogen-bond acceptors (Lipinski definition) is 4. The third-order valence-electron chi connectivity index (χ3n) is 1.16. The Morgan fingerprint density at radius 3 is 2.50 bits per heavy atom. The molecule has 0 heterocycles. The van der Waals surface area contributed by atoms with Gasteiger partial charge in [-0.3, -0.25) is 14.4 Å². The van der Waals surface area contributed by atoms with Crippen LogP contribution in [0.15, 0.2) is 0 Å². The number of hydrogen-bond donors (Lipinski definition) is 1. The van der Waals surface area contributed by atoms with Gasteiger partial charge in [0.2, 0.25) is 0 Å². The van der Waals surface area contributed by atoms with Gasteiger partial charge in [-0.2, -0.15) is 0 Å². The number of carbonyl (C=O) groups excluding carboxylic acids is 2. The van der Waals surface area contributed by atoms with Gasteiger partial charge in [-0.25, -0.2) is 0 Å². The zero-order valence-corrected chi connectivity index (χ0v) is 6.49. The molecule has 0 bridgehead atoms. The van der Waals surface area contributed by atoms with E-state index in [4.69, 9.17) is 5.11 Å². The van der Waals surface area contributed by atoms with Crippen LogP contribution in [0.25, 0.3) is 0 Å². The van der Waals surface area contributed by atoms with Gasteiger partial charge in [0.05, 0.1) is 0 Å². The Morgan fingerprint density at radius 1 is 1.33 bits per heavy atom. The zero-order chi connectivity index (χ0) is 9.40. The van der Waals surface area contributed by atoms with Crippen molar-refractivity contribution in [2.24, 2.45) is 0 Å². The average molecular weight is 174 g/mol. The predicted octanol–water partition coefficient (Wildman–Crippen LogP) is -0.0166. The van der Waals surface area contributed by atoms with Crippen molar-refractivity contribution in [1.82, 2.24) is 0 Å². The van der Waals surface area contributed by atoms with Crippen molar-refractivity contribution in [3.8, 4) is 0 Å². The Morgan fingerprint density at radius 2 is 2.00 bits per heavy atom. The summed E-state index contributed by atoms with van der Waals surface area (Å²) in [6.07, 6.45) is 0.392. The molecule has 0 radical (unpaired) electrons. The maximum absolute atomic E-state index is 10.7. The average Bonchev–Trinajstić information content (AvgIpc) is 2.00. The van der Waals surface area contributed by atoms with Crippen LogP contribution in [-0.4, -0.2) is 29.9 Å². The number of ketones is 1. The van der Waals surface area contributed by atoms with Gasteiger partial charge >= 0.3 is 5.97 Å². The molecule has 0 aromatic rings. The molecule has 0 fully saturated rings. The fourth-order valence-corrected chi connectivity index (χ4v) is 0.636. The Bertz CT molecular complexity index is 175. The van der Waals surface area contributed by atoms with E-state index in [1.165, 1.54) is 0 Å². The smallest absolute Gasteiger partial charge is 0.303 e. The van der Waals surface area contributed by atoms with Crippen LogP contribution in [0, 0.1) is 0 Å². The van der Waals surface area contributed by atoms with Crippen LogP contribution in [0.4, 0.5) is 0 Å². The molecule has 0 aliphatic carbocycles. The highest BCUT2D eigenvalue weighted by Gasteiger charge is 2.03. The van der Waals surface area contributed by atoms with Crippen molar-refractivity contribution in [2.45, 2.75) is 19.3 Å². The molecule has 0 aromatic carbocycles. The lowest BCUT2D eigenvalue weighted by Gasteiger charge is -1.96. The van der Waals surface area contributed by atoms with Crippen molar-refractivity contribution in [1.29, 1.82) is 0 Å². The van der Waals surface area contributed by atoms with Gasteiger partial charge in [0.15, 0.2) is 5.78 Å². The number of carbonyl (C=O) groups is 3. The zero-order valence-electron chi connectivity index (χ0n) is 6.49. The van der Waals surface area contributed by atoms with Crippen LogP contribution in [-0.2, 0) is 19.1 Å². The number of carboxylic acid groups (broad SMARTS) is 1. The summed E-state index contributed by atoms with van der Waals surface area (Å²) >= 11 is 0. The minimum absolute atomic E-state index is 0.0349. The van der Waals surface area contributed by atoms with Gasteiger partial charge in [-0.1, -0.05) is 0 Å². The number of aliphatic carboxylic acids is 1. The molecular weight excluding hydrogens is 164 g/mol. The van der Waals surface area contributed by atoms with E-state index in [2.05, 4.69) is 4.74 Å². The largest absolute Gasteiger partial charge is 0.481 e. The molecule has 1 N–H and O–H groups in total. The first-order valence-electron chi connectivity index (χ1n) is 3.45. The number of ether oxygens (including phenoxy) is 1. The van der Waals surface area contributed by atoms with Crippen LogP contribution < -0.4 is 0 Å². The van der Waals surface area contributed by atoms with Gasteiger partial charge in [-0.15, -0.1) is 0 Å². The standard InChI is InChI=1S/C7H10O5/c8-5-12-4-6(9)2-1-3-7(10)11/h5H,1-4H2,(H,10,11). The fraction of sp³-hybridized carbons (Fsp3) is 0.571. The van der Waals surface area contributed by atoms with Crippen molar-refractivity contribution >= 4 is 18.2 Å². The summed E-state index contributed by atoms with van der Waals surface area (Å²) in [5, 5.41) is 8.20. The molecule has 68 valence electrons. The Kier molecular flexibility index (Phi) is 5.60. The number of carboxylic acids is 1. The summed E-state index contributed by atoms with van der Waals surface area (Å²) < 4.78 is 4.18. The van der Waals surface area contributed by atoms with E-state index < -0.39 is 5.97 Å². The molecule has 0 rings (SSSR count). The van der Waals surface area contributed by atoms with E-state index >= 15 is 0 Å².